The summed E-state index contributed by atoms with van der Waals surface area (Å²) in [5.74, 6) is -0.319. The standard InChI is InChI=1S/C26H26N4O2/c1-17(28-2)25(31)29-23-13-12-20-6-3-4-9-24(20)30(26(23)32)16-21-8-5-7-19-11-10-18(15-27)14-22(19)21/h3-11,14,17,23,28H,12-13,16H2,1-2H3,(H,29,31)/t17-,23-/m0/s1. The Hall–Kier alpha value is -3.69. The first kappa shape index (κ1) is 21.5. The first-order valence-electron chi connectivity index (χ1n) is 10.8. The molecule has 3 aromatic rings. The van der Waals surface area contributed by atoms with Crippen LogP contribution in [0.15, 0.2) is 60.7 Å². The van der Waals surface area contributed by atoms with E-state index in [0.29, 0.717) is 24.9 Å². The molecular weight excluding hydrogens is 400 g/mol. The number of nitrogens with one attached hydrogen (secondary N) is 2. The maximum absolute atomic E-state index is 13.7. The van der Waals surface area contributed by atoms with Crippen LogP contribution in [0.4, 0.5) is 5.69 Å². The van der Waals surface area contributed by atoms with Crippen molar-refractivity contribution in [2.75, 3.05) is 11.9 Å². The lowest BCUT2D eigenvalue weighted by Gasteiger charge is -2.27. The van der Waals surface area contributed by atoms with E-state index in [2.05, 4.69) is 16.7 Å². The predicted octanol–water partition coefficient (Wildman–Crippen LogP) is 3.28. The summed E-state index contributed by atoms with van der Waals surface area (Å²) in [6.45, 7) is 2.13. The number of aryl methyl sites for hydroxylation is 1. The zero-order chi connectivity index (χ0) is 22.7. The van der Waals surface area contributed by atoms with Crippen LogP contribution >= 0.6 is 0 Å². The second-order valence-electron chi connectivity index (χ2n) is 8.13. The summed E-state index contributed by atoms with van der Waals surface area (Å²) in [6.07, 6.45) is 1.24. The Labute approximate surface area is 187 Å². The highest BCUT2D eigenvalue weighted by Crippen LogP contribution is 2.30. The molecule has 0 fully saturated rings. The number of para-hydroxylation sites is 1. The lowest BCUT2D eigenvalue weighted by Crippen LogP contribution is -2.52. The molecule has 0 aliphatic carbocycles. The second-order valence-corrected chi connectivity index (χ2v) is 8.13. The van der Waals surface area contributed by atoms with Crippen LogP contribution in [0.25, 0.3) is 10.8 Å². The maximum atomic E-state index is 13.7. The first-order chi connectivity index (χ1) is 15.5. The fourth-order valence-electron chi connectivity index (χ4n) is 4.16. The highest BCUT2D eigenvalue weighted by Gasteiger charge is 2.32. The van der Waals surface area contributed by atoms with Crippen LogP contribution in [0, 0.1) is 11.3 Å². The molecule has 0 aromatic heterocycles. The summed E-state index contributed by atoms with van der Waals surface area (Å²) in [4.78, 5) is 27.9. The Morgan fingerprint density at radius 3 is 2.78 bits per heavy atom. The van der Waals surface area contributed by atoms with Crippen LogP contribution < -0.4 is 15.5 Å². The van der Waals surface area contributed by atoms with Gasteiger partial charge in [-0.25, -0.2) is 0 Å². The SMILES string of the molecule is CN[C@@H](C)C(=O)N[C@H]1CCc2ccccc2N(Cc2cccc3ccc(C#N)cc23)C1=O. The van der Waals surface area contributed by atoms with Crippen molar-refractivity contribution in [1.82, 2.24) is 10.6 Å². The number of hydrogen-bond donors (Lipinski definition) is 2. The minimum Gasteiger partial charge on any atom is -0.343 e. The molecule has 162 valence electrons. The van der Waals surface area contributed by atoms with Crippen LogP contribution in [0.2, 0.25) is 0 Å². The molecule has 0 unspecified atom stereocenters. The van der Waals surface area contributed by atoms with E-state index in [1.54, 1.807) is 24.9 Å². The molecule has 6 heteroatoms. The quantitative estimate of drug-likeness (QED) is 0.656. The van der Waals surface area contributed by atoms with Crippen LogP contribution in [-0.2, 0) is 22.6 Å². The second kappa shape index (κ2) is 9.21. The number of nitriles is 1. The number of hydrogen-bond acceptors (Lipinski definition) is 4. The van der Waals surface area contributed by atoms with Gasteiger partial charge in [0.25, 0.3) is 0 Å². The predicted molar refractivity (Wildman–Crippen MR) is 125 cm³/mol. The van der Waals surface area contributed by atoms with Crippen molar-refractivity contribution >= 4 is 28.3 Å². The van der Waals surface area contributed by atoms with Crippen molar-refractivity contribution in [2.45, 2.75) is 38.4 Å². The molecule has 0 saturated heterocycles. The number of anilines is 1. The van der Waals surface area contributed by atoms with E-state index >= 15 is 0 Å². The van der Waals surface area contributed by atoms with Gasteiger partial charge in [-0.2, -0.15) is 5.26 Å². The van der Waals surface area contributed by atoms with Crippen molar-refractivity contribution < 1.29 is 9.59 Å². The van der Waals surface area contributed by atoms with Gasteiger partial charge in [-0.15, -0.1) is 0 Å². The van der Waals surface area contributed by atoms with E-state index in [1.165, 1.54) is 0 Å². The number of rotatable bonds is 5. The average Bonchev–Trinajstić information content (AvgIpc) is 2.95. The zero-order valence-corrected chi connectivity index (χ0v) is 18.3. The smallest absolute Gasteiger partial charge is 0.249 e. The molecule has 2 amide bonds. The number of carbonyl (C=O) groups is 2. The van der Waals surface area contributed by atoms with Crippen LogP contribution in [0.5, 0.6) is 0 Å². The number of fused-ring (bicyclic) bond motifs is 2. The van der Waals surface area contributed by atoms with Gasteiger partial charge in [0.05, 0.1) is 24.2 Å². The highest BCUT2D eigenvalue weighted by atomic mass is 16.2. The molecule has 4 rings (SSSR count). The number of benzene rings is 3. The molecule has 3 aromatic carbocycles. The summed E-state index contributed by atoms with van der Waals surface area (Å²) in [6, 6.07) is 20.6. The summed E-state index contributed by atoms with van der Waals surface area (Å²) >= 11 is 0. The van der Waals surface area contributed by atoms with Gasteiger partial charge in [0.15, 0.2) is 0 Å². The van der Waals surface area contributed by atoms with Gasteiger partial charge < -0.3 is 15.5 Å². The summed E-state index contributed by atoms with van der Waals surface area (Å²) in [5, 5.41) is 17.2. The minimum absolute atomic E-state index is 0.125. The average molecular weight is 427 g/mol. The van der Waals surface area contributed by atoms with Crippen LogP contribution in [0.1, 0.15) is 30.0 Å². The van der Waals surface area contributed by atoms with Gasteiger partial charge in [0, 0.05) is 5.69 Å². The molecule has 1 aliphatic rings. The number of carbonyl (C=O) groups excluding carboxylic acids is 2. The molecule has 2 atom stereocenters. The van der Waals surface area contributed by atoms with Crippen molar-refractivity contribution in [3.8, 4) is 6.07 Å². The number of amides is 2. The summed E-state index contributed by atoms with van der Waals surface area (Å²) in [7, 11) is 1.72. The van der Waals surface area contributed by atoms with Gasteiger partial charge in [-0.3, -0.25) is 9.59 Å². The largest absolute Gasteiger partial charge is 0.343 e. The maximum Gasteiger partial charge on any atom is 0.249 e. The lowest BCUT2D eigenvalue weighted by molar-refractivity contribution is -0.128. The molecule has 6 nitrogen and oxygen atoms in total. The third-order valence-electron chi connectivity index (χ3n) is 6.12. The zero-order valence-electron chi connectivity index (χ0n) is 18.3. The molecule has 1 aliphatic heterocycles. The van der Waals surface area contributed by atoms with Gasteiger partial charge in [-0.05, 0) is 66.9 Å². The van der Waals surface area contributed by atoms with Gasteiger partial charge >= 0.3 is 0 Å². The molecule has 0 saturated carbocycles. The van der Waals surface area contributed by atoms with Crippen molar-refractivity contribution in [1.29, 1.82) is 5.26 Å². The van der Waals surface area contributed by atoms with E-state index in [9.17, 15) is 14.9 Å². The van der Waals surface area contributed by atoms with E-state index < -0.39 is 6.04 Å². The topological polar surface area (TPSA) is 85.2 Å². The van der Waals surface area contributed by atoms with Crippen LogP contribution in [-0.4, -0.2) is 30.9 Å². The van der Waals surface area contributed by atoms with Crippen molar-refractivity contribution in [3.05, 3.63) is 77.4 Å². The monoisotopic (exact) mass is 426 g/mol. The Morgan fingerprint density at radius 1 is 1.19 bits per heavy atom. The van der Waals surface area contributed by atoms with Crippen molar-refractivity contribution in [2.24, 2.45) is 0 Å². The molecular formula is C26H26N4O2. The Kier molecular flexibility index (Phi) is 6.20. The molecule has 0 spiro atoms. The molecule has 0 radical (unpaired) electrons. The summed E-state index contributed by atoms with van der Waals surface area (Å²) < 4.78 is 0. The normalized spacial score (nSPS) is 16.7. The summed E-state index contributed by atoms with van der Waals surface area (Å²) in [5.41, 5.74) is 3.48. The Morgan fingerprint density at radius 2 is 2.00 bits per heavy atom. The number of nitrogens with zero attached hydrogens (tertiary/aromatic N) is 2. The molecule has 32 heavy (non-hydrogen) atoms. The van der Waals surface area contributed by atoms with E-state index in [-0.39, 0.29) is 17.9 Å². The minimum atomic E-state index is -0.602. The van der Waals surface area contributed by atoms with E-state index in [4.69, 9.17) is 0 Å². The lowest BCUT2D eigenvalue weighted by atomic mass is 10.0. The Balaban J connectivity index is 1.73. The van der Waals surface area contributed by atoms with Crippen molar-refractivity contribution in [3.63, 3.8) is 0 Å². The van der Waals surface area contributed by atoms with E-state index in [1.807, 2.05) is 54.6 Å². The Bertz CT molecular complexity index is 1210. The van der Waals surface area contributed by atoms with Gasteiger partial charge in [-0.1, -0.05) is 42.5 Å². The third kappa shape index (κ3) is 4.20. The third-order valence-corrected chi connectivity index (χ3v) is 6.12. The first-order valence-corrected chi connectivity index (χ1v) is 10.8. The molecule has 2 N–H and O–H groups in total. The molecule has 1 heterocycles. The van der Waals surface area contributed by atoms with E-state index in [0.717, 1.165) is 27.6 Å². The fourth-order valence-corrected chi connectivity index (χ4v) is 4.16. The van der Waals surface area contributed by atoms with Crippen LogP contribution in [0.3, 0.4) is 0 Å². The fraction of sp³-hybridized carbons (Fsp3) is 0.269. The van der Waals surface area contributed by atoms with Gasteiger partial charge in [0.1, 0.15) is 6.04 Å². The molecule has 0 bridgehead atoms. The van der Waals surface area contributed by atoms with Gasteiger partial charge in [0.2, 0.25) is 11.8 Å². The highest BCUT2D eigenvalue weighted by molar-refractivity contribution is 6.01. The number of likely N-dealkylation sites (N-methyl/N-ethyl adjacent to an activating group) is 1.